The van der Waals surface area contributed by atoms with Crippen LogP contribution in [0.3, 0.4) is 0 Å². The Morgan fingerprint density at radius 3 is 0.623 bits per heavy atom. The molecule has 0 spiro atoms. The zero-order valence-electron chi connectivity index (χ0n) is 47.6. The van der Waals surface area contributed by atoms with Crippen molar-refractivity contribution in [1.29, 1.82) is 0 Å². The zero-order chi connectivity index (χ0) is 50.5. The van der Waals surface area contributed by atoms with E-state index in [1.54, 1.807) is 0 Å². The lowest BCUT2D eigenvalue weighted by Gasteiger charge is -2.18. The lowest BCUT2D eigenvalue weighted by atomic mass is 10.0. The summed E-state index contributed by atoms with van der Waals surface area (Å²) in [5.41, 5.74) is 0. The molecule has 0 radical (unpaired) electrons. The minimum Gasteiger partial charge on any atom is -0.462 e. The van der Waals surface area contributed by atoms with Crippen LogP contribution in [-0.2, 0) is 28.6 Å². The van der Waals surface area contributed by atoms with Gasteiger partial charge in [0.25, 0.3) is 0 Å². The Morgan fingerprint density at radius 1 is 0.246 bits per heavy atom. The molecule has 0 rings (SSSR count). The van der Waals surface area contributed by atoms with Gasteiger partial charge < -0.3 is 14.2 Å². The maximum absolute atomic E-state index is 12.9. The van der Waals surface area contributed by atoms with Crippen LogP contribution in [0.2, 0.25) is 0 Å². The smallest absolute Gasteiger partial charge is 0.306 e. The summed E-state index contributed by atoms with van der Waals surface area (Å²) in [6.45, 7) is 13.7. The van der Waals surface area contributed by atoms with E-state index >= 15 is 0 Å². The van der Waals surface area contributed by atoms with Gasteiger partial charge in [-0.15, -0.1) is 0 Å². The van der Waals surface area contributed by atoms with Gasteiger partial charge in [0, 0.05) is 19.3 Å². The fourth-order valence-electron chi connectivity index (χ4n) is 9.71. The Balaban J connectivity index is 4.16. The molecule has 0 bridgehead atoms. The molecule has 0 aromatic heterocycles. The van der Waals surface area contributed by atoms with E-state index < -0.39 is 6.10 Å². The predicted molar refractivity (Wildman–Crippen MR) is 298 cm³/mol. The molecule has 1 atom stereocenters. The van der Waals surface area contributed by atoms with E-state index in [1.165, 1.54) is 231 Å². The van der Waals surface area contributed by atoms with E-state index in [0.29, 0.717) is 19.3 Å². The molecule has 410 valence electrons. The van der Waals surface area contributed by atoms with Crippen molar-refractivity contribution in [2.45, 2.75) is 356 Å². The Morgan fingerprint density at radius 2 is 0.420 bits per heavy atom. The summed E-state index contributed by atoms with van der Waals surface area (Å²) in [5.74, 6) is 1.64. The van der Waals surface area contributed by atoms with Crippen LogP contribution in [-0.4, -0.2) is 37.2 Å². The van der Waals surface area contributed by atoms with Crippen LogP contribution in [0.1, 0.15) is 350 Å². The van der Waals surface area contributed by atoms with E-state index in [-0.39, 0.29) is 31.1 Å². The van der Waals surface area contributed by atoms with Gasteiger partial charge in [0.15, 0.2) is 6.10 Å². The third kappa shape index (κ3) is 57.2. The molecular formula is C63H122O6. The molecule has 0 saturated carbocycles. The fraction of sp³-hybridized carbons (Fsp3) is 0.952. The van der Waals surface area contributed by atoms with Gasteiger partial charge in [0.2, 0.25) is 0 Å². The zero-order valence-corrected chi connectivity index (χ0v) is 47.6. The van der Waals surface area contributed by atoms with Crippen molar-refractivity contribution in [3.8, 4) is 0 Å². The summed E-state index contributed by atoms with van der Waals surface area (Å²) in [6, 6.07) is 0. The average Bonchev–Trinajstić information content (AvgIpc) is 3.31. The van der Waals surface area contributed by atoms with Gasteiger partial charge in [0.05, 0.1) is 0 Å². The summed E-state index contributed by atoms with van der Waals surface area (Å²) in [6.07, 6.45) is 58.4. The molecule has 0 unspecified atom stereocenters. The van der Waals surface area contributed by atoms with Gasteiger partial charge in [-0.1, -0.05) is 311 Å². The van der Waals surface area contributed by atoms with Crippen LogP contribution in [0.4, 0.5) is 0 Å². The molecule has 69 heavy (non-hydrogen) atoms. The van der Waals surface area contributed by atoms with Crippen LogP contribution in [0.15, 0.2) is 0 Å². The maximum Gasteiger partial charge on any atom is 0.306 e. The molecule has 0 aliphatic carbocycles. The molecule has 6 nitrogen and oxygen atoms in total. The van der Waals surface area contributed by atoms with Gasteiger partial charge in [-0.05, 0) is 37.0 Å². The summed E-state index contributed by atoms with van der Waals surface area (Å²) < 4.78 is 16.9. The number of esters is 3. The van der Waals surface area contributed by atoms with Crippen molar-refractivity contribution < 1.29 is 28.6 Å². The van der Waals surface area contributed by atoms with E-state index in [4.69, 9.17) is 14.2 Å². The molecule has 0 heterocycles. The topological polar surface area (TPSA) is 78.9 Å². The third-order valence-corrected chi connectivity index (χ3v) is 14.4. The maximum atomic E-state index is 12.9. The van der Waals surface area contributed by atoms with Gasteiger partial charge in [-0.3, -0.25) is 14.4 Å². The second-order valence-corrected chi connectivity index (χ2v) is 23.1. The molecule has 0 fully saturated rings. The normalized spacial score (nSPS) is 12.1. The molecule has 6 heteroatoms. The molecule has 0 aromatic carbocycles. The second-order valence-electron chi connectivity index (χ2n) is 23.1. The van der Waals surface area contributed by atoms with Crippen LogP contribution in [0.5, 0.6) is 0 Å². The standard InChI is InChI=1S/C63H122O6/c1-57(2)49-43-37-31-27-23-19-15-11-7-9-13-17-21-25-29-33-40-46-52-61(64)67-55-60(56-68-62(65)53-47-41-36-35-39-45-51-59(5)6)69-63(66)54-48-42-34-30-26-22-18-14-10-8-12-16-20-24-28-32-38-44-50-58(3)4/h57-60H,7-56H2,1-6H3/t60-/m1/s1. The molecule has 0 saturated heterocycles. The first-order valence-electron chi connectivity index (χ1n) is 31.1. The lowest BCUT2D eigenvalue weighted by Crippen LogP contribution is -2.30. The Labute approximate surface area is 431 Å². The number of carbonyl (C=O) groups is 3. The van der Waals surface area contributed by atoms with Crippen molar-refractivity contribution in [1.82, 2.24) is 0 Å². The van der Waals surface area contributed by atoms with Gasteiger partial charge in [0.1, 0.15) is 13.2 Å². The third-order valence-electron chi connectivity index (χ3n) is 14.4. The summed E-state index contributed by atoms with van der Waals surface area (Å²) in [7, 11) is 0. The predicted octanol–water partition coefficient (Wildman–Crippen LogP) is 20.7. The number of hydrogen-bond donors (Lipinski definition) is 0. The summed E-state index contributed by atoms with van der Waals surface area (Å²) >= 11 is 0. The fourth-order valence-corrected chi connectivity index (χ4v) is 9.71. The largest absolute Gasteiger partial charge is 0.462 e. The Hall–Kier alpha value is -1.59. The van der Waals surface area contributed by atoms with Crippen LogP contribution >= 0.6 is 0 Å². The van der Waals surface area contributed by atoms with Crippen LogP contribution in [0, 0.1) is 17.8 Å². The number of rotatable bonds is 56. The first kappa shape index (κ1) is 67.4. The lowest BCUT2D eigenvalue weighted by molar-refractivity contribution is -0.167. The number of ether oxygens (including phenoxy) is 3. The van der Waals surface area contributed by atoms with E-state index in [2.05, 4.69) is 41.5 Å². The van der Waals surface area contributed by atoms with Crippen LogP contribution in [0.25, 0.3) is 0 Å². The first-order chi connectivity index (χ1) is 33.6. The summed E-state index contributed by atoms with van der Waals surface area (Å²) in [5, 5.41) is 0. The second kappa shape index (κ2) is 54.2. The minimum absolute atomic E-state index is 0.0638. The molecule has 0 N–H and O–H groups in total. The Bertz CT molecular complexity index is 1070. The van der Waals surface area contributed by atoms with Crippen molar-refractivity contribution >= 4 is 17.9 Å². The van der Waals surface area contributed by atoms with Crippen molar-refractivity contribution in [3.05, 3.63) is 0 Å². The highest BCUT2D eigenvalue weighted by molar-refractivity contribution is 5.71. The highest BCUT2D eigenvalue weighted by atomic mass is 16.6. The highest BCUT2D eigenvalue weighted by Gasteiger charge is 2.19. The monoisotopic (exact) mass is 975 g/mol. The van der Waals surface area contributed by atoms with Gasteiger partial charge in [-0.25, -0.2) is 0 Å². The van der Waals surface area contributed by atoms with E-state index in [1.807, 2.05) is 0 Å². The number of carbonyl (C=O) groups excluding carboxylic acids is 3. The van der Waals surface area contributed by atoms with E-state index in [0.717, 1.165) is 75.5 Å². The summed E-state index contributed by atoms with van der Waals surface area (Å²) in [4.78, 5) is 38.1. The number of unbranched alkanes of at least 4 members (excludes halogenated alkanes) is 39. The first-order valence-corrected chi connectivity index (χ1v) is 31.1. The van der Waals surface area contributed by atoms with Gasteiger partial charge in [-0.2, -0.15) is 0 Å². The van der Waals surface area contributed by atoms with Gasteiger partial charge >= 0.3 is 17.9 Å². The minimum atomic E-state index is -0.764. The van der Waals surface area contributed by atoms with Crippen molar-refractivity contribution in [2.75, 3.05) is 13.2 Å². The molecular weight excluding hydrogens is 853 g/mol. The molecule has 0 amide bonds. The highest BCUT2D eigenvalue weighted by Crippen LogP contribution is 2.19. The van der Waals surface area contributed by atoms with Crippen molar-refractivity contribution in [3.63, 3.8) is 0 Å². The molecule has 0 aliphatic rings. The Kier molecular flexibility index (Phi) is 52.9. The van der Waals surface area contributed by atoms with Crippen molar-refractivity contribution in [2.24, 2.45) is 17.8 Å². The molecule has 0 aliphatic heterocycles. The number of hydrogen-bond acceptors (Lipinski definition) is 6. The average molecular weight is 976 g/mol. The van der Waals surface area contributed by atoms with Crippen LogP contribution < -0.4 is 0 Å². The molecule has 0 aromatic rings. The quantitative estimate of drug-likeness (QED) is 0.0343. The SMILES string of the molecule is CC(C)CCCCCCCCCCCCCCCCCCCCC(=O)OC[C@H](COC(=O)CCCCCCCCC(C)C)OC(=O)CCCCCCCCCCCCCCCCCCCCC(C)C. The van der Waals surface area contributed by atoms with E-state index in [9.17, 15) is 14.4 Å².